The van der Waals surface area contributed by atoms with E-state index in [0.29, 0.717) is 18.7 Å². The van der Waals surface area contributed by atoms with E-state index in [-0.39, 0.29) is 11.9 Å². The number of hydrogen-bond donors (Lipinski definition) is 0. The van der Waals surface area contributed by atoms with Crippen molar-refractivity contribution in [3.05, 3.63) is 41.5 Å². The number of pyridine rings is 1. The second kappa shape index (κ2) is 6.32. The fraction of sp³-hybridized carbons (Fsp3) is 0.529. The third kappa shape index (κ3) is 2.80. The van der Waals surface area contributed by atoms with Crippen LogP contribution in [-0.2, 0) is 17.7 Å². The van der Waals surface area contributed by atoms with Crippen LogP contribution in [0.1, 0.15) is 40.6 Å². The van der Waals surface area contributed by atoms with Gasteiger partial charge < -0.3 is 9.64 Å². The Morgan fingerprint density at radius 1 is 1.42 bits per heavy atom. The van der Waals surface area contributed by atoms with E-state index in [1.807, 2.05) is 9.58 Å². The molecule has 0 aromatic carbocycles. The lowest BCUT2D eigenvalue weighted by Crippen LogP contribution is -2.42. The minimum absolute atomic E-state index is 0.0347. The van der Waals surface area contributed by atoms with Crippen molar-refractivity contribution < 1.29 is 9.53 Å². The van der Waals surface area contributed by atoms with Crippen LogP contribution in [0.15, 0.2) is 24.5 Å². The summed E-state index contributed by atoms with van der Waals surface area (Å²) in [7, 11) is 1.65. The number of aromatic nitrogens is 4. The zero-order valence-corrected chi connectivity index (χ0v) is 13.8. The van der Waals surface area contributed by atoms with Crippen molar-refractivity contribution in [1.29, 1.82) is 0 Å². The molecule has 126 valence electrons. The molecule has 1 atom stereocenters. The van der Waals surface area contributed by atoms with E-state index < -0.39 is 0 Å². The van der Waals surface area contributed by atoms with Crippen LogP contribution in [0.3, 0.4) is 0 Å². The van der Waals surface area contributed by atoms with Gasteiger partial charge in [0.25, 0.3) is 5.91 Å². The SMILES string of the molecule is COCC1c2nnn(CC3CC3)c2CCN1C(=O)c1cccnc1. The summed E-state index contributed by atoms with van der Waals surface area (Å²) >= 11 is 0. The van der Waals surface area contributed by atoms with Crippen LogP contribution >= 0.6 is 0 Å². The Bertz CT molecular complexity index is 726. The average Bonchev–Trinajstić information content (AvgIpc) is 3.34. The van der Waals surface area contributed by atoms with Crippen molar-refractivity contribution in [3.8, 4) is 0 Å². The van der Waals surface area contributed by atoms with Crippen molar-refractivity contribution in [1.82, 2.24) is 24.9 Å². The number of amides is 1. The van der Waals surface area contributed by atoms with Crippen LogP contribution in [0.2, 0.25) is 0 Å². The maximum Gasteiger partial charge on any atom is 0.256 e. The number of methoxy groups -OCH3 is 1. The number of fused-ring (bicyclic) bond motifs is 1. The summed E-state index contributed by atoms with van der Waals surface area (Å²) in [6.07, 6.45) is 6.61. The molecule has 0 spiro atoms. The van der Waals surface area contributed by atoms with Crippen molar-refractivity contribution in [2.24, 2.45) is 5.92 Å². The zero-order chi connectivity index (χ0) is 16.5. The highest BCUT2D eigenvalue weighted by Crippen LogP contribution is 2.34. The molecule has 2 aromatic heterocycles. The van der Waals surface area contributed by atoms with E-state index in [4.69, 9.17) is 4.74 Å². The maximum atomic E-state index is 12.9. The van der Waals surface area contributed by atoms with Crippen LogP contribution in [-0.4, -0.2) is 51.0 Å². The molecule has 1 aliphatic carbocycles. The second-order valence-corrected chi connectivity index (χ2v) is 6.51. The van der Waals surface area contributed by atoms with E-state index in [9.17, 15) is 4.79 Å². The minimum Gasteiger partial charge on any atom is -0.382 e. The summed E-state index contributed by atoms with van der Waals surface area (Å²) < 4.78 is 7.40. The second-order valence-electron chi connectivity index (χ2n) is 6.51. The first-order valence-electron chi connectivity index (χ1n) is 8.40. The molecule has 2 aliphatic rings. The molecule has 0 saturated heterocycles. The molecule has 0 bridgehead atoms. The molecule has 2 aromatic rings. The molecule has 1 saturated carbocycles. The molecule has 0 radical (unpaired) electrons. The Labute approximate surface area is 140 Å². The predicted octanol–water partition coefficient (Wildman–Crippen LogP) is 1.47. The number of rotatable bonds is 5. The Morgan fingerprint density at radius 2 is 2.29 bits per heavy atom. The van der Waals surface area contributed by atoms with Crippen LogP contribution in [0.25, 0.3) is 0 Å². The third-order valence-corrected chi connectivity index (χ3v) is 4.77. The zero-order valence-electron chi connectivity index (χ0n) is 13.8. The van der Waals surface area contributed by atoms with Gasteiger partial charge in [-0.2, -0.15) is 0 Å². The van der Waals surface area contributed by atoms with Crippen molar-refractivity contribution >= 4 is 5.91 Å². The number of nitrogens with zero attached hydrogens (tertiary/aromatic N) is 5. The van der Waals surface area contributed by atoms with Gasteiger partial charge in [-0.3, -0.25) is 9.78 Å². The van der Waals surface area contributed by atoms with Crippen LogP contribution in [0.5, 0.6) is 0 Å². The Morgan fingerprint density at radius 3 is 3.00 bits per heavy atom. The molecule has 1 fully saturated rings. The number of carbonyl (C=O) groups is 1. The van der Waals surface area contributed by atoms with Crippen LogP contribution in [0.4, 0.5) is 0 Å². The lowest BCUT2D eigenvalue weighted by Gasteiger charge is -2.34. The van der Waals surface area contributed by atoms with Crippen LogP contribution in [0, 0.1) is 5.92 Å². The van der Waals surface area contributed by atoms with Gasteiger partial charge in [0.15, 0.2) is 0 Å². The molecule has 7 heteroatoms. The molecule has 0 N–H and O–H groups in total. The van der Waals surface area contributed by atoms with Crippen molar-refractivity contribution in [2.45, 2.75) is 31.8 Å². The fourth-order valence-corrected chi connectivity index (χ4v) is 3.31. The summed E-state index contributed by atoms with van der Waals surface area (Å²) in [5.41, 5.74) is 2.62. The van der Waals surface area contributed by atoms with E-state index >= 15 is 0 Å². The molecule has 1 aliphatic heterocycles. The first-order chi connectivity index (χ1) is 11.8. The smallest absolute Gasteiger partial charge is 0.256 e. The Hall–Kier alpha value is -2.28. The van der Waals surface area contributed by atoms with Gasteiger partial charge in [0.2, 0.25) is 0 Å². The average molecular weight is 327 g/mol. The van der Waals surface area contributed by atoms with Gasteiger partial charge >= 0.3 is 0 Å². The molecular weight excluding hydrogens is 306 g/mol. The lowest BCUT2D eigenvalue weighted by atomic mass is 10.0. The highest BCUT2D eigenvalue weighted by Gasteiger charge is 2.36. The topological polar surface area (TPSA) is 73.1 Å². The number of carbonyl (C=O) groups excluding carboxylic acids is 1. The Balaban J connectivity index is 1.62. The monoisotopic (exact) mass is 327 g/mol. The summed E-state index contributed by atoms with van der Waals surface area (Å²) in [6, 6.07) is 3.37. The highest BCUT2D eigenvalue weighted by molar-refractivity contribution is 5.94. The van der Waals surface area contributed by atoms with Gasteiger partial charge in [-0.25, -0.2) is 4.68 Å². The minimum atomic E-state index is -0.195. The van der Waals surface area contributed by atoms with Gasteiger partial charge in [0, 0.05) is 39.0 Å². The van der Waals surface area contributed by atoms with Gasteiger partial charge in [-0.05, 0) is 30.9 Å². The molecular formula is C17H21N5O2. The standard InChI is InChI=1S/C17H21N5O2/c1-24-11-15-16-14(22(20-19-16)10-12-4-5-12)6-8-21(15)17(23)13-3-2-7-18-9-13/h2-3,7,9,12,15H,4-6,8,10-11H2,1H3. The Kier molecular flexibility index (Phi) is 4.02. The van der Waals surface area contributed by atoms with Crippen molar-refractivity contribution in [2.75, 3.05) is 20.3 Å². The third-order valence-electron chi connectivity index (χ3n) is 4.77. The molecule has 1 unspecified atom stereocenters. The van der Waals surface area contributed by atoms with E-state index in [1.165, 1.54) is 12.8 Å². The lowest BCUT2D eigenvalue weighted by molar-refractivity contribution is 0.0490. The molecule has 7 nitrogen and oxygen atoms in total. The van der Waals surface area contributed by atoms with Crippen LogP contribution < -0.4 is 0 Å². The van der Waals surface area contributed by atoms with Gasteiger partial charge in [-0.15, -0.1) is 5.10 Å². The van der Waals surface area contributed by atoms with E-state index in [0.717, 1.165) is 30.3 Å². The fourth-order valence-electron chi connectivity index (χ4n) is 3.31. The highest BCUT2D eigenvalue weighted by atomic mass is 16.5. The molecule has 1 amide bonds. The summed E-state index contributed by atoms with van der Waals surface area (Å²) in [5.74, 6) is 0.708. The molecule has 3 heterocycles. The van der Waals surface area contributed by atoms with E-state index in [2.05, 4.69) is 15.3 Å². The summed E-state index contributed by atoms with van der Waals surface area (Å²) in [5, 5.41) is 8.73. The first kappa shape index (κ1) is 15.3. The normalized spacial score (nSPS) is 20.0. The van der Waals surface area contributed by atoms with Gasteiger partial charge in [-0.1, -0.05) is 5.21 Å². The predicted molar refractivity (Wildman–Crippen MR) is 86.3 cm³/mol. The van der Waals surface area contributed by atoms with E-state index in [1.54, 1.807) is 31.6 Å². The first-order valence-corrected chi connectivity index (χ1v) is 8.40. The van der Waals surface area contributed by atoms with Gasteiger partial charge in [0.1, 0.15) is 11.7 Å². The maximum absolute atomic E-state index is 12.9. The quantitative estimate of drug-likeness (QED) is 0.831. The molecule has 24 heavy (non-hydrogen) atoms. The largest absolute Gasteiger partial charge is 0.382 e. The van der Waals surface area contributed by atoms with Gasteiger partial charge in [0.05, 0.1) is 17.9 Å². The summed E-state index contributed by atoms with van der Waals surface area (Å²) in [6.45, 7) is 2.01. The number of hydrogen-bond acceptors (Lipinski definition) is 5. The summed E-state index contributed by atoms with van der Waals surface area (Å²) in [4.78, 5) is 18.7. The number of ether oxygens (including phenoxy) is 1. The molecule has 4 rings (SSSR count). The van der Waals surface area contributed by atoms with Crippen molar-refractivity contribution in [3.63, 3.8) is 0 Å².